The summed E-state index contributed by atoms with van der Waals surface area (Å²) in [6, 6.07) is 10.2. The van der Waals surface area contributed by atoms with Crippen molar-refractivity contribution in [3.05, 3.63) is 47.4 Å². The van der Waals surface area contributed by atoms with Crippen LogP contribution in [-0.2, 0) is 11.2 Å². The lowest BCUT2D eigenvalue weighted by Crippen LogP contribution is -2.15. The zero-order valence-electron chi connectivity index (χ0n) is 15.2. The molecular formula is C19H22N4O3. The summed E-state index contributed by atoms with van der Waals surface area (Å²) in [4.78, 5) is 20.6. The number of ether oxygens (including phenoxy) is 1. The van der Waals surface area contributed by atoms with Crippen LogP contribution in [0.15, 0.2) is 34.9 Å². The van der Waals surface area contributed by atoms with E-state index in [9.17, 15) is 4.79 Å². The number of rotatable bonds is 7. The van der Waals surface area contributed by atoms with Gasteiger partial charge in [0.2, 0.25) is 5.82 Å². The summed E-state index contributed by atoms with van der Waals surface area (Å²) in [5, 5.41) is 8.07. The smallest absolute Gasteiger partial charge is 0.376 e. The summed E-state index contributed by atoms with van der Waals surface area (Å²) in [5.41, 5.74) is 2.26. The van der Waals surface area contributed by atoms with Crippen LogP contribution < -0.4 is 5.32 Å². The summed E-state index contributed by atoms with van der Waals surface area (Å²) >= 11 is 0. The predicted octanol–water partition coefficient (Wildman–Crippen LogP) is 3.57. The first-order chi connectivity index (χ1) is 12.6. The number of anilines is 1. The van der Waals surface area contributed by atoms with Gasteiger partial charge in [-0.15, -0.1) is 0 Å². The van der Waals surface area contributed by atoms with Crippen LogP contribution in [-0.4, -0.2) is 34.2 Å². The predicted molar refractivity (Wildman–Crippen MR) is 98.3 cm³/mol. The van der Waals surface area contributed by atoms with Crippen LogP contribution in [0.1, 0.15) is 48.6 Å². The maximum absolute atomic E-state index is 12.0. The largest absolute Gasteiger partial charge is 0.460 e. The van der Waals surface area contributed by atoms with Gasteiger partial charge in [0, 0.05) is 6.54 Å². The molecule has 0 amide bonds. The number of nitrogens with zero attached hydrogens (tertiary/aromatic N) is 3. The van der Waals surface area contributed by atoms with E-state index in [4.69, 9.17) is 9.26 Å². The third-order valence-corrected chi connectivity index (χ3v) is 4.14. The summed E-state index contributed by atoms with van der Waals surface area (Å²) in [6.07, 6.45) is 0.679. The Balaban J connectivity index is 1.91. The van der Waals surface area contributed by atoms with Crippen molar-refractivity contribution in [3.63, 3.8) is 0 Å². The lowest BCUT2D eigenvalue weighted by atomic mass is 10.0. The molecule has 1 aromatic carbocycles. The second-order valence-electron chi connectivity index (χ2n) is 5.97. The van der Waals surface area contributed by atoms with Gasteiger partial charge in [0.1, 0.15) is 11.2 Å². The van der Waals surface area contributed by atoms with E-state index < -0.39 is 5.97 Å². The van der Waals surface area contributed by atoms with Crippen molar-refractivity contribution in [1.82, 2.24) is 15.1 Å². The van der Waals surface area contributed by atoms with Crippen LogP contribution in [0, 0.1) is 0 Å². The van der Waals surface area contributed by atoms with Crippen LogP contribution in [0.5, 0.6) is 0 Å². The quantitative estimate of drug-likeness (QED) is 0.649. The lowest BCUT2D eigenvalue weighted by Gasteiger charge is -2.14. The Kier molecular flexibility index (Phi) is 5.46. The number of aromatic nitrogens is 3. The van der Waals surface area contributed by atoms with Gasteiger partial charge < -0.3 is 14.6 Å². The minimum atomic E-state index is -0.581. The third kappa shape index (κ3) is 3.66. The molecule has 2 aromatic heterocycles. The maximum atomic E-state index is 12.0. The Morgan fingerprint density at radius 3 is 2.69 bits per heavy atom. The molecule has 7 nitrogen and oxygen atoms in total. The van der Waals surface area contributed by atoms with E-state index in [1.165, 1.54) is 5.56 Å². The Bertz CT molecular complexity index is 892. The number of aryl methyl sites for hydroxylation is 1. The molecule has 2 heterocycles. The zero-order chi connectivity index (χ0) is 18.5. The van der Waals surface area contributed by atoms with Crippen LogP contribution >= 0.6 is 0 Å². The van der Waals surface area contributed by atoms with Crippen LogP contribution in [0.3, 0.4) is 0 Å². The van der Waals surface area contributed by atoms with E-state index in [0.717, 1.165) is 5.69 Å². The highest BCUT2D eigenvalue weighted by Gasteiger charge is 2.21. The molecule has 3 aromatic rings. The standard InChI is InChI=1S/C19H22N4O3/c1-4-14-15-16(20-11-12(3)13-9-7-6-8-10-13)21-17(19(24)25-5-2)22-18(15)26-23-14/h6-10,12H,4-5,11H2,1-3H3,(H,20,21,22)/t12-/m1/s1. The van der Waals surface area contributed by atoms with Crippen molar-refractivity contribution in [1.29, 1.82) is 0 Å². The first-order valence-electron chi connectivity index (χ1n) is 8.76. The van der Waals surface area contributed by atoms with E-state index in [0.29, 0.717) is 24.2 Å². The molecule has 0 aliphatic carbocycles. The first kappa shape index (κ1) is 17.8. The van der Waals surface area contributed by atoms with Gasteiger partial charge in [-0.25, -0.2) is 9.78 Å². The Hall–Kier alpha value is -2.96. The monoisotopic (exact) mass is 354 g/mol. The number of esters is 1. The molecule has 7 heteroatoms. The van der Waals surface area contributed by atoms with Gasteiger partial charge in [-0.2, -0.15) is 4.98 Å². The molecule has 1 N–H and O–H groups in total. The number of carbonyl (C=O) groups excluding carboxylic acids is 1. The Morgan fingerprint density at radius 1 is 1.23 bits per heavy atom. The number of benzene rings is 1. The summed E-state index contributed by atoms with van der Waals surface area (Å²) in [7, 11) is 0. The summed E-state index contributed by atoms with van der Waals surface area (Å²) in [5.74, 6) is 0.187. The number of hydrogen-bond acceptors (Lipinski definition) is 7. The Morgan fingerprint density at radius 2 is 2.00 bits per heavy atom. The van der Waals surface area contributed by atoms with E-state index in [1.54, 1.807) is 6.92 Å². The van der Waals surface area contributed by atoms with E-state index in [-0.39, 0.29) is 24.1 Å². The van der Waals surface area contributed by atoms with Gasteiger partial charge in [0.05, 0.1) is 12.3 Å². The number of carbonyl (C=O) groups is 1. The van der Waals surface area contributed by atoms with Crippen molar-refractivity contribution in [2.75, 3.05) is 18.5 Å². The fourth-order valence-electron chi connectivity index (χ4n) is 2.72. The van der Waals surface area contributed by atoms with E-state index in [2.05, 4.69) is 39.5 Å². The molecule has 0 spiro atoms. The molecular weight excluding hydrogens is 332 g/mol. The molecule has 0 aliphatic heterocycles. The normalized spacial score (nSPS) is 12.1. The van der Waals surface area contributed by atoms with Gasteiger partial charge in [-0.1, -0.05) is 49.3 Å². The van der Waals surface area contributed by atoms with Crippen LogP contribution in [0.4, 0.5) is 5.82 Å². The summed E-state index contributed by atoms with van der Waals surface area (Å²) < 4.78 is 10.3. The fraction of sp³-hybridized carbons (Fsp3) is 0.368. The van der Waals surface area contributed by atoms with Gasteiger partial charge in [-0.3, -0.25) is 0 Å². The SMILES string of the molecule is CCOC(=O)c1nc(NC[C@@H](C)c2ccccc2)c2c(CC)noc2n1. The first-order valence-corrected chi connectivity index (χ1v) is 8.76. The minimum Gasteiger partial charge on any atom is -0.460 e. The van der Waals surface area contributed by atoms with Gasteiger partial charge in [0.15, 0.2) is 0 Å². The average Bonchev–Trinajstić information content (AvgIpc) is 3.10. The molecule has 0 unspecified atom stereocenters. The molecule has 0 bridgehead atoms. The highest BCUT2D eigenvalue weighted by molar-refractivity contribution is 5.93. The highest BCUT2D eigenvalue weighted by Crippen LogP contribution is 2.26. The highest BCUT2D eigenvalue weighted by atomic mass is 16.5. The van der Waals surface area contributed by atoms with Crippen LogP contribution in [0.25, 0.3) is 11.1 Å². The third-order valence-electron chi connectivity index (χ3n) is 4.14. The molecule has 0 radical (unpaired) electrons. The molecule has 0 saturated heterocycles. The van der Waals surface area contributed by atoms with Crippen molar-refractivity contribution < 1.29 is 14.1 Å². The molecule has 136 valence electrons. The Labute approximate surface area is 151 Å². The molecule has 1 atom stereocenters. The molecule has 3 rings (SSSR count). The van der Waals surface area contributed by atoms with Gasteiger partial charge >= 0.3 is 5.97 Å². The van der Waals surface area contributed by atoms with Crippen molar-refractivity contribution in [2.45, 2.75) is 33.1 Å². The molecule has 0 fully saturated rings. The lowest BCUT2D eigenvalue weighted by molar-refractivity contribution is 0.0512. The zero-order valence-corrected chi connectivity index (χ0v) is 15.2. The second-order valence-corrected chi connectivity index (χ2v) is 5.97. The van der Waals surface area contributed by atoms with Crippen LogP contribution in [0.2, 0.25) is 0 Å². The molecule has 0 aliphatic rings. The topological polar surface area (TPSA) is 90.1 Å². The molecule has 0 saturated carbocycles. The second kappa shape index (κ2) is 7.95. The van der Waals surface area contributed by atoms with Gasteiger partial charge in [-0.05, 0) is 24.8 Å². The maximum Gasteiger partial charge on any atom is 0.376 e. The van der Waals surface area contributed by atoms with E-state index in [1.807, 2.05) is 25.1 Å². The fourth-order valence-corrected chi connectivity index (χ4v) is 2.72. The van der Waals surface area contributed by atoms with Crippen molar-refractivity contribution in [2.24, 2.45) is 0 Å². The number of hydrogen-bond donors (Lipinski definition) is 1. The number of nitrogens with one attached hydrogen (secondary N) is 1. The van der Waals surface area contributed by atoms with Gasteiger partial charge in [0.25, 0.3) is 5.71 Å². The van der Waals surface area contributed by atoms with Crippen molar-refractivity contribution in [3.8, 4) is 0 Å². The van der Waals surface area contributed by atoms with Crippen molar-refractivity contribution >= 4 is 22.9 Å². The minimum absolute atomic E-state index is 0.0342. The number of fused-ring (bicyclic) bond motifs is 1. The molecule has 26 heavy (non-hydrogen) atoms. The average molecular weight is 354 g/mol. The summed E-state index contributed by atoms with van der Waals surface area (Å²) in [6.45, 7) is 6.74. The van der Waals surface area contributed by atoms with E-state index >= 15 is 0 Å².